The molecule has 0 saturated carbocycles. The minimum atomic E-state index is 0.106. The zero-order valence-corrected chi connectivity index (χ0v) is 11.4. The Morgan fingerprint density at radius 3 is 3.11 bits per heavy atom. The fourth-order valence-electron chi connectivity index (χ4n) is 2.48. The first-order valence-electron chi connectivity index (χ1n) is 7.16. The van der Waals surface area contributed by atoms with Crippen LogP contribution < -0.4 is 10.6 Å². The number of aliphatic hydroxyl groups excluding tert-OH is 1. The van der Waals surface area contributed by atoms with Gasteiger partial charge in [0.05, 0.1) is 13.2 Å². The summed E-state index contributed by atoms with van der Waals surface area (Å²) in [6.45, 7) is 3.25. The molecule has 2 rings (SSSR count). The van der Waals surface area contributed by atoms with Gasteiger partial charge in [0.1, 0.15) is 0 Å². The van der Waals surface area contributed by atoms with Crippen molar-refractivity contribution in [3.8, 4) is 0 Å². The number of para-hydroxylation sites is 1. The van der Waals surface area contributed by atoms with Crippen molar-refractivity contribution < 1.29 is 9.84 Å². The standard InChI is InChI=1S/C15H24N2O2/c18-10-12-19-11-4-9-17-15-7-3-8-16-14-6-2-1-5-13(14)15/h1-2,5-6,15-18H,3-4,7-12H2/t15-/m1/s1. The van der Waals surface area contributed by atoms with Crippen LogP contribution in [0.2, 0.25) is 0 Å². The number of fused-ring (bicyclic) bond motifs is 1. The van der Waals surface area contributed by atoms with Gasteiger partial charge in [-0.25, -0.2) is 0 Å². The number of rotatable bonds is 7. The first-order chi connectivity index (χ1) is 9.42. The first-order valence-corrected chi connectivity index (χ1v) is 7.16. The Balaban J connectivity index is 1.79. The van der Waals surface area contributed by atoms with Crippen LogP contribution in [0.4, 0.5) is 5.69 Å². The van der Waals surface area contributed by atoms with Crippen molar-refractivity contribution in [2.24, 2.45) is 0 Å². The van der Waals surface area contributed by atoms with Crippen LogP contribution in [0.5, 0.6) is 0 Å². The number of ether oxygens (including phenoxy) is 1. The molecule has 0 aliphatic carbocycles. The molecule has 1 aliphatic heterocycles. The lowest BCUT2D eigenvalue weighted by Gasteiger charge is -2.19. The lowest BCUT2D eigenvalue weighted by Crippen LogP contribution is -2.23. The molecule has 3 N–H and O–H groups in total. The number of nitrogens with one attached hydrogen (secondary N) is 2. The molecule has 106 valence electrons. The average molecular weight is 264 g/mol. The van der Waals surface area contributed by atoms with E-state index in [0.717, 1.165) is 19.5 Å². The summed E-state index contributed by atoms with van der Waals surface area (Å²) < 4.78 is 5.26. The van der Waals surface area contributed by atoms with Gasteiger partial charge in [-0.3, -0.25) is 0 Å². The largest absolute Gasteiger partial charge is 0.394 e. The highest BCUT2D eigenvalue weighted by Gasteiger charge is 2.16. The average Bonchev–Trinajstić information content (AvgIpc) is 2.65. The monoisotopic (exact) mass is 264 g/mol. The molecule has 19 heavy (non-hydrogen) atoms. The van der Waals surface area contributed by atoms with Crippen LogP contribution in [-0.2, 0) is 4.74 Å². The van der Waals surface area contributed by atoms with Crippen LogP contribution in [0, 0.1) is 0 Å². The lowest BCUT2D eigenvalue weighted by molar-refractivity contribution is 0.0903. The molecule has 0 fully saturated rings. The summed E-state index contributed by atoms with van der Waals surface area (Å²) in [7, 11) is 0. The zero-order chi connectivity index (χ0) is 13.3. The second-order valence-electron chi connectivity index (χ2n) is 4.85. The SMILES string of the molecule is OCCOCCCN[C@@H]1CCCNc2ccccc21. The van der Waals surface area contributed by atoms with Crippen molar-refractivity contribution in [1.29, 1.82) is 0 Å². The van der Waals surface area contributed by atoms with E-state index in [-0.39, 0.29) is 6.61 Å². The van der Waals surface area contributed by atoms with Gasteiger partial charge in [-0.15, -0.1) is 0 Å². The fourth-order valence-corrected chi connectivity index (χ4v) is 2.48. The van der Waals surface area contributed by atoms with Crippen LogP contribution in [0.1, 0.15) is 30.9 Å². The van der Waals surface area contributed by atoms with Crippen LogP contribution in [0.25, 0.3) is 0 Å². The van der Waals surface area contributed by atoms with E-state index in [9.17, 15) is 0 Å². The van der Waals surface area contributed by atoms with Gasteiger partial charge in [0.25, 0.3) is 0 Å². The smallest absolute Gasteiger partial charge is 0.0697 e. The molecule has 0 saturated heterocycles. The van der Waals surface area contributed by atoms with E-state index in [1.165, 1.54) is 24.1 Å². The van der Waals surface area contributed by atoms with E-state index >= 15 is 0 Å². The molecule has 0 radical (unpaired) electrons. The molecule has 4 nitrogen and oxygen atoms in total. The van der Waals surface area contributed by atoms with Gasteiger partial charge in [0.15, 0.2) is 0 Å². The van der Waals surface area contributed by atoms with Crippen molar-refractivity contribution in [3.63, 3.8) is 0 Å². The zero-order valence-electron chi connectivity index (χ0n) is 11.4. The van der Waals surface area contributed by atoms with E-state index < -0.39 is 0 Å². The molecule has 1 atom stereocenters. The summed E-state index contributed by atoms with van der Waals surface area (Å²) in [6, 6.07) is 8.97. The summed E-state index contributed by atoms with van der Waals surface area (Å²) in [4.78, 5) is 0. The molecule has 1 aromatic carbocycles. The predicted octanol–water partition coefficient (Wildman–Crippen LogP) is 1.92. The van der Waals surface area contributed by atoms with Crippen LogP contribution in [-0.4, -0.2) is 38.0 Å². The third-order valence-electron chi connectivity index (χ3n) is 3.41. The van der Waals surface area contributed by atoms with Crippen LogP contribution in [0.3, 0.4) is 0 Å². The van der Waals surface area contributed by atoms with E-state index in [0.29, 0.717) is 19.3 Å². The molecule has 0 unspecified atom stereocenters. The highest BCUT2D eigenvalue weighted by molar-refractivity contribution is 5.53. The molecular weight excluding hydrogens is 240 g/mol. The van der Waals surface area contributed by atoms with Crippen LogP contribution in [0.15, 0.2) is 24.3 Å². The maximum Gasteiger partial charge on any atom is 0.0697 e. The summed E-state index contributed by atoms with van der Waals surface area (Å²) in [6.07, 6.45) is 3.33. The normalized spacial score (nSPS) is 18.5. The van der Waals surface area contributed by atoms with Gasteiger partial charge in [-0.05, 0) is 37.4 Å². The second-order valence-corrected chi connectivity index (χ2v) is 4.85. The van der Waals surface area contributed by atoms with Gasteiger partial charge in [0, 0.05) is 24.9 Å². The van der Waals surface area contributed by atoms with Gasteiger partial charge >= 0.3 is 0 Å². The topological polar surface area (TPSA) is 53.5 Å². The molecule has 1 heterocycles. The quantitative estimate of drug-likeness (QED) is 0.659. The summed E-state index contributed by atoms with van der Waals surface area (Å²) >= 11 is 0. The number of anilines is 1. The van der Waals surface area contributed by atoms with E-state index in [2.05, 4.69) is 34.9 Å². The summed E-state index contributed by atoms with van der Waals surface area (Å²) in [5, 5.41) is 15.7. The van der Waals surface area contributed by atoms with Crippen molar-refractivity contribution in [3.05, 3.63) is 29.8 Å². The number of hydrogen-bond donors (Lipinski definition) is 3. The van der Waals surface area contributed by atoms with Gasteiger partial charge in [0.2, 0.25) is 0 Å². The Labute approximate surface area is 115 Å². The van der Waals surface area contributed by atoms with E-state index in [1.807, 2.05) is 0 Å². The maximum absolute atomic E-state index is 8.62. The third-order valence-corrected chi connectivity index (χ3v) is 3.41. The first kappa shape index (κ1) is 14.3. The molecular formula is C15H24N2O2. The molecule has 1 aliphatic rings. The lowest BCUT2D eigenvalue weighted by atomic mass is 10.0. The Morgan fingerprint density at radius 1 is 1.32 bits per heavy atom. The van der Waals surface area contributed by atoms with Gasteiger partial charge < -0.3 is 20.5 Å². The number of benzene rings is 1. The molecule has 0 spiro atoms. The molecule has 0 bridgehead atoms. The molecule has 0 amide bonds. The molecule has 0 aromatic heterocycles. The summed E-state index contributed by atoms with van der Waals surface area (Å²) in [5.41, 5.74) is 2.63. The van der Waals surface area contributed by atoms with Crippen LogP contribution >= 0.6 is 0 Å². The van der Waals surface area contributed by atoms with Gasteiger partial charge in [-0.1, -0.05) is 18.2 Å². The van der Waals surface area contributed by atoms with E-state index in [4.69, 9.17) is 9.84 Å². The highest BCUT2D eigenvalue weighted by atomic mass is 16.5. The Hall–Kier alpha value is -1.10. The molecule has 1 aromatic rings. The van der Waals surface area contributed by atoms with Crippen molar-refractivity contribution in [1.82, 2.24) is 5.32 Å². The number of aliphatic hydroxyl groups is 1. The Morgan fingerprint density at radius 2 is 2.21 bits per heavy atom. The maximum atomic E-state index is 8.62. The highest BCUT2D eigenvalue weighted by Crippen LogP contribution is 2.28. The van der Waals surface area contributed by atoms with Crippen molar-refractivity contribution in [2.45, 2.75) is 25.3 Å². The predicted molar refractivity (Wildman–Crippen MR) is 77.4 cm³/mol. The molecule has 4 heteroatoms. The number of hydrogen-bond acceptors (Lipinski definition) is 4. The second kappa shape index (κ2) is 8.15. The Bertz CT molecular complexity index is 371. The fraction of sp³-hybridized carbons (Fsp3) is 0.600. The van der Waals surface area contributed by atoms with E-state index in [1.54, 1.807) is 0 Å². The third kappa shape index (κ3) is 4.49. The minimum Gasteiger partial charge on any atom is -0.394 e. The van der Waals surface area contributed by atoms with Crippen molar-refractivity contribution >= 4 is 5.69 Å². The van der Waals surface area contributed by atoms with Crippen molar-refractivity contribution in [2.75, 3.05) is 38.2 Å². The Kier molecular flexibility index (Phi) is 6.14. The minimum absolute atomic E-state index is 0.106. The summed E-state index contributed by atoms with van der Waals surface area (Å²) in [5.74, 6) is 0. The van der Waals surface area contributed by atoms with Gasteiger partial charge in [-0.2, -0.15) is 0 Å².